The zero-order chi connectivity index (χ0) is 16.7. The highest BCUT2D eigenvalue weighted by Crippen LogP contribution is 2.18. The second-order valence-corrected chi connectivity index (χ2v) is 6.30. The molecule has 0 spiro atoms. The van der Waals surface area contributed by atoms with Crippen molar-refractivity contribution in [3.8, 4) is 0 Å². The lowest BCUT2D eigenvalue weighted by Gasteiger charge is -2.22. The molecule has 0 radical (unpaired) electrons. The molecule has 0 aliphatic carbocycles. The van der Waals surface area contributed by atoms with E-state index >= 15 is 0 Å². The Kier molecular flexibility index (Phi) is 6.36. The van der Waals surface area contributed by atoms with Crippen LogP contribution in [0.5, 0.6) is 0 Å². The van der Waals surface area contributed by atoms with Gasteiger partial charge in [-0.25, -0.2) is 0 Å². The van der Waals surface area contributed by atoms with Crippen LogP contribution in [0.25, 0.3) is 0 Å². The van der Waals surface area contributed by atoms with Gasteiger partial charge >= 0.3 is 0 Å². The molecular formula is C20H26N2O. The number of amides is 1. The molecule has 0 saturated heterocycles. The maximum absolute atomic E-state index is 12.6. The molecule has 3 nitrogen and oxygen atoms in total. The Morgan fingerprint density at radius 2 is 1.57 bits per heavy atom. The van der Waals surface area contributed by atoms with Gasteiger partial charge < -0.3 is 11.1 Å². The largest absolute Gasteiger partial charge is 0.354 e. The summed E-state index contributed by atoms with van der Waals surface area (Å²) in [5.41, 5.74) is 8.38. The van der Waals surface area contributed by atoms with Crippen molar-refractivity contribution < 1.29 is 4.79 Å². The van der Waals surface area contributed by atoms with Gasteiger partial charge in [0.15, 0.2) is 0 Å². The van der Waals surface area contributed by atoms with Crippen LogP contribution in [-0.4, -0.2) is 12.5 Å². The van der Waals surface area contributed by atoms with E-state index in [4.69, 9.17) is 5.73 Å². The summed E-state index contributed by atoms with van der Waals surface area (Å²) in [6.07, 6.45) is 0.755. The molecule has 2 atom stereocenters. The van der Waals surface area contributed by atoms with Gasteiger partial charge in [-0.2, -0.15) is 0 Å². The van der Waals surface area contributed by atoms with E-state index in [-0.39, 0.29) is 23.8 Å². The zero-order valence-corrected chi connectivity index (χ0v) is 13.9. The van der Waals surface area contributed by atoms with E-state index in [2.05, 4.69) is 31.3 Å². The summed E-state index contributed by atoms with van der Waals surface area (Å²) in [5.74, 6) is 0.318. The molecule has 3 heteroatoms. The SMILES string of the molecule is CC(C)C(Cc1ccccc1)C(=O)NCC(N)c1ccccc1. The Balaban J connectivity index is 1.93. The van der Waals surface area contributed by atoms with E-state index < -0.39 is 0 Å². The molecule has 2 unspecified atom stereocenters. The molecule has 0 heterocycles. The van der Waals surface area contributed by atoms with Crippen molar-refractivity contribution in [3.63, 3.8) is 0 Å². The van der Waals surface area contributed by atoms with E-state index in [1.54, 1.807) is 0 Å². The van der Waals surface area contributed by atoms with E-state index in [1.807, 2.05) is 48.5 Å². The molecule has 0 fully saturated rings. The summed E-state index contributed by atoms with van der Waals surface area (Å²) in [4.78, 5) is 12.6. The van der Waals surface area contributed by atoms with Crippen molar-refractivity contribution in [1.82, 2.24) is 5.32 Å². The predicted octanol–water partition coefficient (Wildman–Crippen LogP) is 3.32. The lowest BCUT2D eigenvalue weighted by atomic mass is 9.88. The summed E-state index contributed by atoms with van der Waals surface area (Å²) < 4.78 is 0. The Labute approximate surface area is 138 Å². The Morgan fingerprint density at radius 1 is 1.00 bits per heavy atom. The van der Waals surface area contributed by atoms with Crippen LogP contribution in [0, 0.1) is 11.8 Å². The normalized spacial score (nSPS) is 13.6. The van der Waals surface area contributed by atoms with Gasteiger partial charge in [-0.05, 0) is 23.5 Å². The van der Waals surface area contributed by atoms with Crippen LogP contribution in [0.15, 0.2) is 60.7 Å². The Bertz CT molecular complexity index is 596. The van der Waals surface area contributed by atoms with E-state index in [9.17, 15) is 4.79 Å². The fourth-order valence-corrected chi connectivity index (χ4v) is 2.66. The number of hydrogen-bond acceptors (Lipinski definition) is 2. The molecule has 1 amide bonds. The average molecular weight is 310 g/mol. The molecule has 3 N–H and O–H groups in total. The highest BCUT2D eigenvalue weighted by molar-refractivity contribution is 5.79. The van der Waals surface area contributed by atoms with Gasteiger partial charge in [0.1, 0.15) is 0 Å². The quantitative estimate of drug-likeness (QED) is 0.824. The fraction of sp³-hybridized carbons (Fsp3) is 0.350. The number of carbonyl (C=O) groups is 1. The minimum absolute atomic E-state index is 0.0413. The first-order chi connectivity index (χ1) is 11.1. The van der Waals surface area contributed by atoms with Gasteiger partial charge in [-0.15, -0.1) is 0 Å². The molecule has 2 rings (SSSR count). The van der Waals surface area contributed by atoms with Crippen LogP contribution in [-0.2, 0) is 11.2 Å². The average Bonchev–Trinajstić information content (AvgIpc) is 2.58. The molecule has 2 aromatic rings. The zero-order valence-electron chi connectivity index (χ0n) is 13.9. The second kappa shape index (κ2) is 8.49. The highest BCUT2D eigenvalue weighted by Gasteiger charge is 2.22. The second-order valence-electron chi connectivity index (χ2n) is 6.30. The molecule has 0 aliphatic heterocycles. The Hall–Kier alpha value is -2.13. The number of benzene rings is 2. The smallest absolute Gasteiger partial charge is 0.223 e. The first-order valence-electron chi connectivity index (χ1n) is 8.20. The first-order valence-corrected chi connectivity index (χ1v) is 8.20. The summed E-state index contributed by atoms with van der Waals surface area (Å²) in [6.45, 7) is 4.63. The van der Waals surface area contributed by atoms with Crippen molar-refractivity contribution in [3.05, 3.63) is 71.8 Å². The van der Waals surface area contributed by atoms with Gasteiger partial charge in [0.2, 0.25) is 5.91 Å². The minimum atomic E-state index is -0.176. The molecule has 0 bridgehead atoms. The summed E-state index contributed by atoms with van der Waals surface area (Å²) in [5, 5.41) is 3.02. The monoisotopic (exact) mass is 310 g/mol. The molecule has 0 saturated carbocycles. The van der Waals surface area contributed by atoms with Gasteiger partial charge in [-0.1, -0.05) is 74.5 Å². The van der Waals surface area contributed by atoms with E-state index in [0.717, 1.165) is 12.0 Å². The van der Waals surface area contributed by atoms with Crippen LogP contribution in [0.2, 0.25) is 0 Å². The number of carbonyl (C=O) groups excluding carboxylic acids is 1. The molecule has 2 aromatic carbocycles. The highest BCUT2D eigenvalue weighted by atomic mass is 16.1. The third-order valence-corrected chi connectivity index (χ3v) is 4.16. The minimum Gasteiger partial charge on any atom is -0.354 e. The number of nitrogens with one attached hydrogen (secondary N) is 1. The standard InChI is InChI=1S/C20H26N2O/c1-15(2)18(13-16-9-5-3-6-10-16)20(23)22-14-19(21)17-11-7-4-8-12-17/h3-12,15,18-19H,13-14,21H2,1-2H3,(H,22,23). The molecular weight excluding hydrogens is 284 g/mol. The topological polar surface area (TPSA) is 55.1 Å². The summed E-state index contributed by atoms with van der Waals surface area (Å²) >= 11 is 0. The number of nitrogens with two attached hydrogens (primary N) is 1. The maximum Gasteiger partial charge on any atom is 0.223 e. The van der Waals surface area contributed by atoms with Gasteiger partial charge in [0.25, 0.3) is 0 Å². The van der Waals surface area contributed by atoms with Crippen molar-refractivity contribution in [2.45, 2.75) is 26.3 Å². The summed E-state index contributed by atoms with van der Waals surface area (Å²) in [7, 11) is 0. The summed E-state index contributed by atoms with van der Waals surface area (Å²) in [6, 6.07) is 19.8. The van der Waals surface area contributed by atoms with E-state index in [0.29, 0.717) is 6.54 Å². The van der Waals surface area contributed by atoms with Gasteiger partial charge in [0.05, 0.1) is 0 Å². The Morgan fingerprint density at radius 3 is 2.13 bits per heavy atom. The van der Waals surface area contributed by atoms with Crippen LogP contribution >= 0.6 is 0 Å². The van der Waals surface area contributed by atoms with E-state index in [1.165, 1.54) is 5.56 Å². The van der Waals surface area contributed by atoms with Crippen LogP contribution in [0.1, 0.15) is 31.0 Å². The third-order valence-electron chi connectivity index (χ3n) is 4.16. The van der Waals surface area contributed by atoms with Crippen LogP contribution in [0.3, 0.4) is 0 Å². The third kappa shape index (κ3) is 5.22. The van der Waals surface area contributed by atoms with Crippen molar-refractivity contribution in [1.29, 1.82) is 0 Å². The van der Waals surface area contributed by atoms with Gasteiger partial charge in [0, 0.05) is 18.5 Å². The lowest BCUT2D eigenvalue weighted by molar-refractivity contribution is -0.126. The lowest BCUT2D eigenvalue weighted by Crippen LogP contribution is -2.38. The fourth-order valence-electron chi connectivity index (χ4n) is 2.66. The van der Waals surface area contributed by atoms with Crippen LogP contribution in [0.4, 0.5) is 0 Å². The van der Waals surface area contributed by atoms with Crippen molar-refractivity contribution in [2.75, 3.05) is 6.54 Å². The van der Waals surface area contributed by atoms with Crippen molar-refractivity contribution >= 4 is 5.91 Å². The molecule has 0 aromatic heterocycles. The molecule has 122 valence electrons. The molecule has 0 aliphatic rings. The number of rotatable bonds is 7. The first kappa shape index (κ1) is 17.2. The van der Waals surface area contributed by atoms with Crippen molar-refractivity contribution in [2.24, 2.45) is 17.6 Å². The maximum atomic E-state index is 12.6. The predicted molar refractivity (Wildman–Crippen MR) is 94.9 cm³/mol. The number of hydrogen-bond donors (Lipinski definition) is 2. The van der Waals surface area contributed by atoms with Gasteiger partial charge in [-0.3, -0.25) is 4.79 Å². The van der Waals surface area contributed by atoms with Crippen LogP contribution < -0.4 is 11.1 Å². The molecule has 23 heavy (non-hydrogen) atoms.